The Morgan fingerprint density at radius 3 is 2.89 bits per heavy atom. The Balaban J connectivity index is 2.08. The van der Waals surface area contributed by atoms with Crippen LogP contribution in [0.1, 0.15) is 13.3 Å². The largest absolute Gasteiger partial charge is 0.454 e. The number of benzene rings is 1. The number of ether oxygens (including phenoxy) is 2. The van der Waals surface area contributed by atoms with Crippen molar-refractivity contribution in [1.29, 1.82) is 5.26 Å². The molecular formula is C13H13N3O3. The number of hydrogen-bond donors (Lipinski definition) is 1. The molecule has 98 valence electrons. The van der Waals surface area contributed by atoms with Crippen LogP contribution in [-0.2, 0) is 4.79 Å². The molecule has 2 aliphatic heterocycles. The summed E-state index contributed by atoms with van der Waals surface area (Å²) >= 11 is 0. The van der Waals surface area contributed by atoms with Crippen molar-refractivity contribution in [2.45, 2.75) is 19.4 Å². The molecule has 1 aromatic rings. The van der Waals surface area contributed by atoms with Gasteiger partial charge in [0, 0.05) is 12.1 Å². The molecule has 2 aliphatic rings. The van der Waals surface area contributed by atoms with Gasteiger partial charge in [-0.05, 0) is 6.42 Å². The van der Waals surface area contributed by atoms with E-state index in [2.05, 4.69) is 5.32 Å². The quantitative estimate of drug-likeness (QED) is 0.814. The highest BCUT2D eigenvalue weighted by atomic mass is 16.7. The molecule has 0 spiro atoms. The van der Waals surface area contributed by atoms with Crippen LogP contribution in [0.5, 0.6) is 11.5 Å². The maximum absolute atomic E-state index is 12.2. The minimum Gasteiger partial charge on any atom is -0.454 e. The molecule has 0 aliphatic carbocycles. The first-order valence-electron chi connectivity index (χ1n) is 6.13. The highest BCUT2D eigenvalue weighted by molar-refractivity contribution is 6.05. The lowest BCUT2D eigenvalue weighted by Crippen LogP contribution is -2.47. The predicted octanol–water partition coefficient (Wildman–Crippen LogP) is 1.48. The Kier molecular flexibility index (Phi) is 2.67. The normalized spacial score (nSPS) is 19.7. The van der Waals surface area contributed by atoms with E-state index in [1.165, 1.54) is 4.90 Å². The summed E-state index contributed by atoms with van der Waals surface area (Å²) in [6.07, 6.45) is 0.661. The van der Waals surface area contributed by atoms with Gasteiger partial charge in [0.05, 0.1) is 17.4 Å². The SMILES string of the molecule is CCC1Nc2cc3c(cc2N(CC#N)C1=O)OCO3. The fourth-order valence-electron chi connectivity index (χ4n) is 2.34. The van der Waals surface area contributed by atoms with Crippen LogP contribution in [0.15, 0.2) is 12.1 Å². The maximum Gasteiger partial charge on any atom is 0.250 e. The lowest BCUT2D eigenvalue weighted by molar-refractivity contribution is -0.119. The van der Waals surface area contributed by atoms with Gasteiger partial charge in [-0.1, -0.05) is 6.92 Å². The number of fused-ring (bicyclic) bond motifs is 2. The van der Waals surface area contributed by atoms with Crippen LogP contribution in [0.2, 0.25) is 0 Å². The van der Waals surface area contributed by atoms with Crippen molar-refractivity contribution in [1.82, 2.24) is 0 Å². The molecular weight excluding hydrogens is 246 g/mol. The molecule has 6 heteroatoms. The lowest BCUT2D eigenvalue weighted by atomic mass is 10.1. The molecule has 19 heavy (non-hydrogen) atoms. The van der Waals surface area contributed by atoms with Crippen LogP contribution in [-0.4, -0.2) is 25.3 Å². The minimum absolute atomic E-state index is 0.0314. The summed E-state index contributed by atoms with van der Waals surface area (Å²) in [5, 5.41) is 12.1. The van der Waals surface area contributed by atoms with E-state index in [9.17, 15) is 4.79 Å². The fourth-order valence-corrected chi connectivity index (χ4v) is 2.34. The topological polar surface area (TPSA) is 74.6 Å². The second kappa shape index (κ2) is 4.35. The number of rotatable bonds is 2. The highest BCUT2D eigenvalue weighted by Gasteiger charge is 2.33. The number of carbonyl (C=O) groups excluding carboxylic acids is 1. The standard InChI is InChI=1S/C13H13N3O3/c1-2-8-13(17)16(4-3-14)10-6-12-11(18-7-19-12)5-9(10)15-8/h5-6,8,15H,2,4,7H2,1H3. The summed E-state index contributed by atoms with van der Waals surface area (Å²) < 4.78 is 10.6. The fraction of sp³-hybridized carbons (Fsp3) is 0.385. The van der Waals surface area contributed by atoms with Crippen LogP contribution >= 0.6 is 0 Å². The Morgan fingerprint density at radius 2 is 2.21 bits per heavy atom. The van der Waals surface area contributed by atoms with Crippen molar-refractivity contribution in [3.05, 3.63) is 12.1 Å². The van der Waals surface area contributed by atoms with E-state index >= 15 is 0 Å². The van der Waals surface area contributed by atoms with Crippen molar-refractivity contribution >= 4 is 17.3 Å². The van der Waals surface area contributed by atoms with Crippen LogP contribution in [0.25, 0.3) is 0 Å². The Labute approximate surface area is 110 Å². The molecule has 3 rings (SSSR count). The van der Waals surface area contributed by atoms with Gasteiger partial charge in [0.1, 0.15) is 12.6 Å². The maximum atomic E-state index is 12.2. The minimum atomic E-state index is -0.304. The molecule has 0 radical (unpaired) electrons. The second-order valence-corrected chi connectivity index (χ2v) is 4.41. The smallest absolute Gasteiger partial charge is 0.250 e. The van der Waals surface area contributed by atoms with E-state index < -0.39 is 0 Å². The zero-order valence-corrected chi connectivity index (χ0v) is 10.5. The molecule has 0 saturated carbocycles. The van der Waals surface area contributed by atoms with E-state index in [0.717, 1.165) is 5.69 Å². The zero-order chi connectivity index (χ0) is 13.4. The van der Waals surface area contributed by atoms with Crippen molar-refractivity contribution in [2.24, 2.45) is 0 Å². The van der Waals surface area contributed by atoms with E-state index in [0.29, 0.717) is 23.6 Å². The summed E-state index contributed by atoms with van der Waals surface area (Å²) in [7, 11) is 0. The van der Waals surface area contributed by atoms with Gasteiger partial charge in [0.2, 0.25) is 12.7 Å². The van der Waals surface area contributed by atoms with Gasteiger partial charge in [-0.2, -0.15) is 5.26 Å². The van der Waals surface area contributed by atoms with Crippen LogP contribution in [0, 0.1) is 11.3 Å². The molecule has 1 N–H and O–H groups in total. The van der Waals surface area contributed by atoms with E-state index in [4.69, 9.17) is 14.7 Å². The Hall–Kier alpha value is -2.42. The van der Waals surface area contributed by atoms with Crippen molar-refractivity contribution in [3.63, 3.8) is 0 Å². The molecule has 0 aromatic heterocycles. The summed E-state index contributed by atoms with van der Waals surface area (Å²) in [5.74, 6) is 1.18. The average molecular weight is 259 g/mol. The third-order valence-electron chi connectivity index (χ3n) is 3.31. The van der Waals surface area contributed by atoms with Gasteiger partial charge in [-0.25, -0.2) is 0 Å². The van der Waals surface area contributed by atoms with Crippen molar-refractivity contribution in [3.8, 4) is 17.6 Å². The second-order valence-electron chi connectivity index (χ2n) is 4.41. The average Bonchev–Trinajstić information content (AvgIpc) is 2.87. The molecule has 0 fully saturated rings. The number of anilines is 2. The van der Waals surface area contributed by atoms with Gasteiger partial charge in [0.25, 0.3) is 0 Å². The molecule has 1 aromatic carbocycles. The van der Waals surface area contributed by atoms with Crippen molar-refractivity contribution < 1.29 is 14.3 Å². The third-order valence-corrected chi connectivity index (χ3v) is 3.31. The zero-order valence-electron chi connectivity index (χ0n) is 10.5. The molecule has 0 bridgehead atoms. The van der Waals surface area contributed by atoms with Gasteiger partial charge in [-0.3, -0.25) is 9.69 Å². The number of hydrogen-bond acceptors (Lipinski definition) is 5. The lowest BCUT2D eigenvalue weighted by Gasteiger charge is -2.33. The number of nitriles is 1. The Bertz CT molecular complexity index is 579. The third kappa shape index (κ3) is 1.74. The van der Waals surface area contributed by atoms with E-state index in [1.807, 2.05) is 19.1 Å². The first-order chi connectivity index (χ1) is 9.24. The predicted molar refractivity (Wildman–Crippen MR) is 68.2 cm³/mol. The van der Waals surface area contributed by atoms with Crippen molar-refractivity contribution in [2.75, 3.05) is 23.6 Å². The molecule has 2 heterocycles. The summed E-state index contributed by atoms with van der Waals surface area (Å²) in [6, 6.07) is 5.28. The molecule has 6 nitrogen and oxygen atoms in total. The summed E-state index contributed by atoms with van der Waals surface area (Å²) in [5.41, 5.74) is 1.46. The molecule has 1 amide bonds. The summed E-state index contributed by atoms with van der Waals surface area (Å²) in [6.45, 7) is 2.14. The first kappa shape index (κ1) is 11.7. The van der Waals surface area contributed by atoms with Gasteiger partial charge in [0.15, 0.2) is 11.5 Å². The first-order valence-corrected chi connectivity index (χ1v) is 6.13. The van der Waals surface area contributed by atoms with Gasteiger partial charge >= 0.3 is 0 Å². The number of nitrogens with zero attached hydrogens (tertiary/aromatic N) is 2. The van der Waals surface area contributed by atoms with Gasteiger partial charge in [-0.15, -0.1) is 0 Å². The number of nitrogens with one attached hydrogen (secondary N) is 1. The number of carbonyl (C=O) groups is 1. The van der Waals surface area contributed by atoms with Crippen LogP contribution in [0.3, 0.4) is 0 Å². The van der Waals surface area contributed by atoms with Crippen LogP contribution < -0.4 is 19.7 Å². The number of amides is 1. The Morgan fingerprint density at radius 1 is 1.47 bits per heavy atom. The molecule has 1 unspecified atom stereocenters. The highest BCUT2D eigenvalue weighted by Crippen LogP contribution is 2.43. The van der Waals surface area contributed by atoms with E-state index in [1.54, 1.807) is 6.07 Å². The van der Waals surface area contributed by atoms with Gasteiger partial charge < -0.3 is 14.8 Å². The molecule has 0 saturated heterocycles. The molecule has 1 atom stereocenters. The monoisotopic (exact) mass is 259 g/mol. The summed E-state index contributed by atoms with van der Waals surface area (Å²) in [4.78, 5) is 13.7. The van der Waals surface area contributed by atoms with E-state index in [-0.39, 0.29) is 25.3 Å². The van der Waals surface area contributed by atoms with Crippen LogP contribution in [0.4, 0.5) is 11.4 Å².